The number of hydrogen-bond donors (Lipinski definition) is 1. The van der Waals surface area contributed by atoms with Gasteiger partial charge in [0.05, 0.1) is 24.3 Å². The average Bonchev–Trinajstić information content (AvgIpc) is 2.39. The highest BCUT2D eigenvalue weighted by molar-refractivity contribution is 5.93. The van der Waals surface area contributed by atoms with Gasteiger partial charge in [-0.3, -0.25) is 9.59 Å². The number of nitriles is 1. The van der Waals surface area contributed by atoms with Crippen LogP contribution in [0.15, 0.2) is 18.2 Å². The fourth-order valence-corrected chi connectivity index (χ4v) is 1.38. The minimum Gasteiger partial charge on any atom is -0.466 e. The van der Waals surface area contributed by atoms with Crippen molar-refractivity contribution in [3.8, 4) is 6.07 Å². The summed E-state index contributed by atoms with van der Waals surface area (Å²) >= 11 is 0. The van der Waals surface area contributed by atoms with Gasteiger partial charge >= 0.3 is 5.97 Å². The predicted molar refractivity (Wildman–Crippen MR) is 65.6 cm³/mol. The molecule has 0 aliphatic rings. The highest BCUT2D eigenvalue weighted by atomic mass is 19.1. The molecule has 0 spiro atoms. The molecule has 0 atom stereocenters. The zero-order valence-electron chi connectivity index (χ0n) is 10.4. The summed E-state index contributed by atoms with van der Waals surface area (Å²) in [4.78, 5) is 22.6. The Morgan fingerprint density at radius 1 is 1.42 bits per heavy atom. The molecule has 0 saturated carbocycles. The number of halogens is 1. The lowest BCUT2D eigenvalue weighted by Gasteiger charge is -2.06. The van der Waals surface area contributed by atoms with Crippen molar-refractivity contribution in [2.24, 2.45) is 0 Å². The van der Waals surface area contributed by atoms with Gasteiger partial charge in [-0.2, -0.15) is 5.26 Å². The third kappa shape index (κ3) is 4.76. The molecule has 0 aliphatic heterocycles. The van der Waals surface area contributed by atoms with Gasteiger partial charge in [0.1, 0.15) is 11.9 Å². The summed E-state index contributed by atoms with van der Waals surface area (Å²) in [7, 11) is 0. The molecule has 0 fully saturated rings. The molecule has 1 rings (SSSR count). The smallest absolute Gasteiger partial charge is 0.306 e. The SMILES string of the molecule is CCOC(=O)CCC(=O)Nc1ccc(F)cc1C#N. The maximum atomic E-state index is 12.9. The summed E-state index contributed by atoms with van der Waals surface area (Å²) in [5.74, 6) is -1.45. The highest BCUT2D eigenvalue weighted by Gasteiger charge is 2.10. The number of amides is 1. The number of hydrogen-bond acceptors (Lipinski definition) is 4. The van der Waals surface area contributed by atoms with Gasteiger partial charge in [-0.05, 0) is 25.1 Å². The summed E-state index contributed by atoms with van der Waals surface area (Å²) in [6.07, 6.45) is -0.0934. The van der Waals surface area contributed by atoms with Crippen LogP contribution in [-0.2, 0) is 14.3 Å². The van der Waals surface area contributed by atoms with Crippen LogP contribution >= 0.6 is 0 Å². The van der Waals surface area contributed by atoms with Crippen LogP contribution in [0.25, 0.3) is 0 Å². The lowest BCUT2D eigenvalue weighted by molar-refractivity contribution is -0.144. The first-order chi connectivity index (χ1) is 9.06. The number of esters is 1. The van der Waals surface area contributed by atoms with Crippen molar-refractivity contribution in [3.05, 3.63) is 29.6 Å². The summed E-state index contributed by atoms with van der Waals surface area (Å²) in [5.41, 5.74) is 0.252. The van der Waals surface area contributed by atoms with Crippen LogP contribution in [0.2, 0.25) is 0 Å². The number of ether oxygens (including phenoxy) is 1. The number of anilines is 1. The largest absolute Gasteiger partial charge is 0.466 e. The Morgan fingerprint density at radius 3 is 2.79 bits per heavy atom. The fourth-order valence-electron chi connectivity index (χ4n) is 1.38. The number of rotatable bonds is 5. The normalized spacial score (nSPS) is 9.53. The first kappa shape index (κ1) is 14.6. The van der Waals surface area contributed by atoms with Crippen LogP contribution in [0.3, 0.4) is 0 Å². The Bertz CT molecular complexity index is 523. The van der Waals surface area contributed by atoms with Gasteiger partial charge in [0, 0.05) is 6.42 Å². The Kier molecular flexibility index (Phi) is 5.48. The van der Waals surface area contributed by atoms with Crippen molar-refractivity contribution >= 4 is 17.6 Å². The van der Waals surface area contributed by atoms with E-state index in [2.05, 4.69) is 10.1 Å². The number of nitrogens with zero attached hydrogens (tertiary/aromatic N) is 1. The van der Waals surface area contributed by atoms with Crippen LogP contribution in [0, 0.1) is 17.1 Å². The van der Waals surface area contributed by atoms with Crippen molar-refractivity contribution in [2.75, 3.05) is 11.9 Å². The van der Waals surface area contributed by atoms with E-state index in [-0.39, 0.29) is 30.7 Å². The van der Waals surface area contributed by atoms with Gasteiger partial charge < -0.3 is 10.1 Å². The maximum Gasteiger partial charge on any atom is 0.306 e. The second-order valence-electron chi connectivity index (χ2n) is 3.65. The van der Waals surface area contributed by atoms with E-state index in [1.54, 1.807) is 13.0 Å². The Morgan fingerprint density at radius 2 is 2.16 bits per heavy atom. The second-order valence-corrected chi connectivity index (χ2v) is 3.65. The molecule has 6 heteroatoms. The number of nitrogens with one attached hydrogen (secondary N) is 1. The minimum absolute atomic E-state index is 0.0319. The molecule has 0 aromatic heterocycles. The molecule has 0 unspecified atom stereocenters. The molecule has 0 bridgehead atoms. The van der Waals surface area contributed by atoms with Gasteiger partial charge in [0.25, 0.3) is 0 Å². The van der Waals surface area contributed by atoms with Gasteiger partial charge in [0.2, 0.25) is 5.91 Å². The maximum absolute atomic E-state index is 12.9. The van der Waals surface area contributed by atoms with Crippen molar-refractivity contribution in [2.45, 2.75) is 19.8 Å². The number of carbonyl (C=O) groups is 2. The van der Waals surface area contributed by atoms with Crippen molar-refractivity contribution in [1.82, 2.24) is 0 Å². The zero-order chi connectivity index (χ0) is 14.3. The lowest BCUT2D eigenvalue weighted by Crippen LogP contribution is -2.15. The first-order valence-corrected chi connectivity index (χ1v) is 5.72. The van der Waals surface area contributed by atoms with E-state index in [9.17, 15) is 14.0 Å². The van der Waals surface area contributed by atoms with E-state index in [4.69, 9.17) is 5.26 Å². The molecule has 0 heterocycles. The van der Waals surface area contributed by atoms with E-state index >= 15 is 0 Å². The molecule has 1 aromatic carbocycles. The molecule has 5 nitrogen and oxygen atoms in total. The fraction of sp³-hybridized carbons (Fsp3) is 0.308. The van der Waals surface area contributed by atoms with Crippen LogP contribution in [-0.4, -0.2) is 18.5 Å². The summed E-state index contributed by atoms with van der Waals surface area (Å²) in [6.45, 7) is 1.94. The van der Waals surface area contributed by atoms with Gasteiger partial charge in [0.15, 0.2) is 0 Å². The predicted octanol–water partition coefficient (Wildman–Crippen LogP) is 1.98. The molecule has 0 radical (unpaired) electrons. The summed E-state index contributed by atoms with van der Waals surface area (Å²) in [5, 5.41) is 11.3. The summed E-state index contributed by atoms with van der Waals surface area (Å²) < 4.78 is 17.6. The molecular formula is C13H13FN2O3. The third-order valence-electron chi connectivity index (χ3n) is 2.24. The minimum atomic E-state index is -0.555. The molecule has 100 valence electrons. The summed E-state index contributed by atoms with van der Waals surface area (Å²) in [6, 6.07) is 5.25. The average molecular weight is 264 g/mol. The molecule has 1 amide bonds. The number of benzene rings is 1. The Labute approximate surface area is 110 Å². The van der Waals surface area contributed by atoms with Crippen molar-refractivity contribution in [1.29, 1.82) is 5.26 Å². The molecular weight excluding hydrogens is 251 g/mol. The second kappa shape index (κ2) is 7.11. The van der Waals surface area contributed by atoms with E-state index in [1.165, 1.54) is 6.07 Å². The standard InChI is InChI=1S/C13H13FN2O3/c1-2-19-13(18)6-5-12(17)16-11-4-3-10(14)7-9(11)8-15/h3-4,7H,2,5-6H2,1H3,(H,16,17). The molecule has 1 aromatic rings. The van der Waals surface area contributed by atoms with E-state index < -0.39 is 17.7 Å². The topological polar surface area (TPSA) is 79.2 Å². The van der Waals surface area contributed by atoms with Gasteiger partial charge in [-0.15, -0.1) is 0 Å². The van der Waals surface area contributed by atoms with E-state index in [1.807, 2.05) is 0 Å². The van der Waals surface area contributed by atoms with Crippen LogP contribution < -0.4 is 5.32 Å². The monoisotopic (exact) mass is 264 g/mol. The van der Waals surface area contributed by atoms with Crippen molar-refractivity contribution in [3.63, 3.8) is 0 Å². The number of carbonyl (C=O) groups excluding carboxylic acids is 2. The molecule has 0 aliphatic carbocycles. The Balaban J connectivity index is 2.58. The first-order valence-electron chi connectivity index (χ1n) is 5.72. The quantitative estimate of drug-likeness (QED) is 0.825. The van der Waals surface area contributed by atoms with Gasteiger partial charge in [-0.1, -0.05) is 0 Å². The van der Waals surface area contributed by atoms with Crippen LogP contribution in [0.4, 0.5) is 10.1 Å². The van der Waals surface area contributed by atoms with Crippen LogP contribution in [0.1, 0.15) is 25.3 Å². The van der Waals surface area contributed by atoms with E-state index in [0.717, 1.165) is 12.1 Å². The lowest BCUT2D eigenvalue weighted by atomic mass is 10.2. The highest BCUT2D eigenvalue weighted by Crippen LogP contribution is 2.16. The van der Waals surface area contributed by atoms with E-state index in [0.29, 0.717) is 0 Å². The van der Waals surface area contributed by atoms with Crippen LogP contribution in [0.5, 0.6) is 0 Å². The third-order valence-corrected chi connectivity index (χ3v) is 2.24. The molecule has 19 heavy (non-hydrogen) atoms. The van der Waals surface area contributed by atoms with Gasteiger partial charge in [-0.25, -0.2) is 4.39 Å². The Hall–Kier alpha value is -2.42. The molecule has 1 N–H and O–H groups in total. The molecule has 0 saturated heterocycles. The zero-order valence-corrected chi connectivity index (χ0v) is 10.4. The van der Waals surface area contributed by atoms with Crippen molar-refractivity contribution < 1.29 is 18.7 Å².